The molecule has 2 aromatic heterocycles. The molecule has 0 radical (unpaired) electrons. The number of benzene rings is 1. The van der Waals surface area contributed by atoms with Crippen molar-refractivity contribution in [2.24, 2.45) is 0 Å². The fourth-order valence-corrected chi connectivity index (χ4v) is 1.66. The SMILES string of the molecule is OCc1cnc(-c2cc3ccccc3o2)nc1. The first-order valence-corrected chi connectivity index (χ1v) is 5.27. The molecule has 0 aliphatic rings. The van der Waals surface area contributed by atoms with Crippen molar-refractivity contribution in [3.8, 4) is 11.6 Å². The van der Waals surface area contributed by atoms with Gasteiger partial charge in [0, 0.05) is 23.3 Å². The minimum Gasteiger partial charge on any atom is -0.453 e. The molecular weight excluding hydrogens is 216 g/mol. The van der Waals surface area contributed by atoms with E-state index in [2.05, 4.69) is 9.97 Å². The van der Waals surface area contributed by atoms with E-state index in [1.54, 1.807) is 12.4 Å². The summed E-state index contributed by atoms with van der Waals surface area (Å²) >= 11 is 0. The number of hydrogen-bond acceptors (Lipinski definition) is 4. The van der Waals surface area contributed by atoms with Gasteiger partial charge in [0.05, 0.1) is 6.61 Å². The van der Waals surface area contributed by atoms with Crippen molar-refractivity contribution >= 4 is 11.0 Å². The molecule has 1 aromatic carbocycles. The molecule has 4 nitrogen and oxygen atoms in total. The Morgan fingerprint density at radius 2 is 1.88 bits per heavy atom. The highest BCUT2D eigenvalue weighted by Crippen LogP contribution is 2.24. The van der Waals surface area contributed by atoms with Gasteiger partial charge in [-0.15, -0.1) is 0 Å². The average Bonchev–Trinajstić information content (AvgIpc) is 2.82. The van der Waals surface area contributed by atoms with E-state index in [-0.39, 0.29) is 6.61 Å². The number of aliphatic hydroxyl groups excluding tert-OH is 1. The van der Waals surface area contributed by atoms with Gasteiger partial charge in [0.25, 0.3) is 0 Å². The molecule has 0 aliphatic carbocycles. The Morgan fingerprint density at radius 1 is 1.12 bits per heavy atom. The van der Waals surface area contributed by atoms with Crippen LogP contribution in [0.1, 0.15) is 5.56 Å². The predicted molar refractivity (Wildman–Crippen MR) is 63.2 cm³/mol. The first-order chi connectivity index (χ1) is 8.36. The Bertz CT molecular complexity index is 611. The number of hydrogen-bond donors (Lipinski definition) is 1. The third-order valence-corrected chi connectivity index (χ3v) is 2.53. The van der Waals surface area contributed by atoms with Gasteiger partial charge in [-0.25, -0.2) is 9.97 Å². The van der Waals surface area contributed by atoms with E-state index in [9.17, 15) is 0 Å². The van der Waals surface area contributed by atoms with Gasteiger partial charge < -0.3 is 9.52 Å². The van der Waals surface area contributed by atoms with Crippen molar-refractivity contribution in [2.45, 2.75) is 6.61 Å². The molecule has 84 valence electrons. The van der Waals surface area contributed by atoms with Crippen LogP contribution in [-0.2, 0) is 6.61 Å². The Morgan fingerprint density at radius 3 is 2.59 bits per heavy atom. The van der Waals surface area contributed by atoms with Gasteiger partial charge in [-0.3, -0.25) is 0 Å². The molecular formula is C13H10N2O2. The summed E-state index contributed by atoms with van der Waals surface area (Å²) < 4.78 is 5.64. The smallest absolute Gasteiger partial charge is 0.195 e. The molecule has 0 bridgehead atoms. The van der Waals surface area contributed by atoms with Gasteiger partial charge >= 0.3 is 0 Å². The average molecular weight is 226 g/mol. The monoisotopic (exact) mass is 226 g/mol. The lowest BCUT2D eigenvalue weighted by Gasteiger charge is -1.96. The summed E-state index contributed by atoms with van der Waals surface area (Å²) in [5.41, 5.74) is 1.50. The Hall–Kier alpha value is -2.20. The normalized spacial score (nSPS) is 10.9. The first kappa shape index (κ1) is 9.99. The van der Waals surface area contributed by atoms with Crippen molar-refractivity contribution in [1.29, 1.82) is 0 Å². The summed E-state index contributed by atoms with van der Waals surface area (Å²) in [6.07, 6.45) is 3.19. The number of furan rings is 1. The van der Waals surface area contributed by atoms with Crippen LogP contribution in [0.15, 0.2) is 47.1 Å². The molecule has 0 atom stereocenters. The van der Waals surface area contributed by atoms with E-state index in [4.69, 9.17) is 9.52 Å². The predicted octanol–water partition coefficient (Wildman–Crippen LogP) is 2.38. The number of fused-ring (bicyclic) bond motifs is 1. The van der Waals surface area contributed by atoms with E-state index in [0.29, 0.717) is 17.1 Å². The molecule has 0 aliphatic heterocycles. The zero-order valence-corrected chi connectivity index (χ0v) is 9.00. The molecule has 0 saturated carbocycles. The van der Waals surface area contributed by atoms with Gasteiger partial charge in [-0.2, -0.15) is 0 Å². The topological polar surface area (TPSA) is 59.2 Å². The van der Waals surface area contributed by atoms with Crippen molar-refractivity contribution in [3.05, 3.63) is 48.3 Å². The summed E-state index contributed by atoms with van der Waals surface area (Å²) in [6.45, 7) is -0.0551. The lowest BCUT2D eigenvalue weighted by Crippen LogP contribution is -1.90. The summed E-state index contributed by atoms with van der Waals surface area (Å²) in [6, 6.07) is 9.66. The van der Waals surface area contributed by atoms with Gasteiger partial charge in [-0.05, 0) is 12.1 Å². The molecule has 0 fully saturated rings. The molecule has 0 saturated heterocycles. The van der Waals surface area contributed by atoms with Gasteiger partial charge in [-0.1, -0.05) is 18.2 Å². The maximum absolute atomic E-state index is 8.91. The third kappa shape index (κ3) is 1.79. The standard InChI is InChI=1S/C13H10N2O2/c16-8-9-6-14-13(15-7-9)12-5-10-3-1-2-4-11(10)17-12/h1-7,16H,8H2. The number of para-hydroxylation sites is 1. The fourth-order valence-electron chi connectivity index (χ4n) is 1.66. The Balaban J connectivity index is 2.07. The minimum absolute atomic E-state index is 0.0551. The third-order valence-electron chi connectivity index (χ3n) is 2.53. The van der Waals surface area contributed by atoms with Gasteiger partial charge in [0.2, 0.25) is 0 Å². The number of rotatable bonds is 2. The summed E-state index contributed by atoms with van der Waals surface area (Å²) in [4.78, 5) is 8.30. The van der Waals surface area contributed by atoms with Crippen molar-refractivity contribution in [1.82, 2.24) is 9.97 Å². The molecule has 0 spiro atoms. The van der Waals surface area contributed by atoms with Gasteiger partial charge in [0.15, 0.2) is 11.6 Å². The largest absolute Gasteiger partial charge is 0.453 e. The van der Waals surface area contributed by atoms with Crippen LogP contribution in [0.5, 0.6) is 0 Å². The van der Waals surface area contributed by atoms with Crippen molar-refractivity contribution in [2.75, 3.05) is 0 Å². The van der Waals surface area contributed by atoms with E-state index >= 15 is 0 Å². The van der Waals surface area contributed by atoms with Crippen LogP contribution in [0, 0.1) is 0 Å². The summed E-state index contributed by atoms with van der Waals surface area (Å²) in [5, 5.41) is 9.94. The zero-order valence-electron chi connectivity index (χ0n) is 9.00. The number of aromatic nitrogens is 2. The Kier molecular flexibility index (Phi) is 2.34. The summed E-state index contributed by atoms with van der Waals surface area (Å²) in [5.74, 6) is 1.16. The Labute approximate surface area is 97.6 Å². The minimum atomic E-state index is -0.0551. The first-order valence-electron chi connectivity index (χ1n) is 5.27. The highest BCUT2D eigenvalue weighted by Gasteiger charge is 2.07. The maximum atomic E-state index is 8.91. The zero-order chi connectivity index (χ0) is 11.7. The lowest BCUT2D eigenvalue weighted by molar-refractivity contribution is 0.281. The lowest BCUT2D eigenvalue weighted by atomic mass is 10.2. The molecule has 17 heavy (non-hydrogen) atoms. The quantitative estimate of drug-likeness (QED) is 0.728. The molecule has 1 N–H and O–H groups in total. The van der Waals surface area contributed by atoms with Crippen LogP contribution in [0.3, 0.4) is 0 Å². The molecule has 4 heteroatoms. The second-order valence-corrected chi connectivity index (χ2v) is 3.72. The van der Waals surface area contributed by atoms with Crippen molar-refractivity contribution < 1.29 is 9.52 Å². The number of aliphatic hydroxyl groups is 1. The number of nitrogens with zero attached hydrogens (tertiary/aromatic N) is 2. The van der Waals surface area contributed by atoms with E-state index in [0.717, 1.165) is 11.0 Å². The van der Waals surface area contributed by atoms with Crippen LogP contribution in [0.25, 0.3) is 22.6 Å². The molecule has 0 unspecified atom stereocenters. The van der Waals surface area contributed by atoms with E-state index in [1.807, 2.05) is 30.3 Å². The van der Waals surface area contributed by atoms with Crippen LogP contribution >= 0.6 is 0 Å². The second kappa shape index (κ2) is 3.99. The van der Waals surface area contributed by atoms with Crippen LogP contribution in [0.4, 0.5) is 0 Å². The maximum Gasteiger partial charge on any atom is 0.195 e. The molecule has 3 aromatic rings. The summed E-state index contributed by atoms with van der Waals surface area (Å²) in [7, 11) is 0. The van der Waals surface area contributed by atoms with Gasteiger partial charge in [0.1, 0.15) is 5.58 Å². The molecule has 3 rings (SSSR count). The van der Waals surface area contributed by atoms with E-state index < -0.39 is 0 Å². The molecule has 2 heterocycles. The van der Waals surface area contributed by atoms with Crippen LogP contribution < -0.4 is 0 Å². The second-order valence-electron chi connectivity index (χ2n) is 3.72. The van der Waals surface area contributed by atoms with Crippen molar-refractivity contribution in [3.63, 3.8) is 0 Å². The molecule has 0 amide bonds. The van der Waals surface area contributed by atoms with Crippen LogP contribution in [0.2, 0.25) is 0 Å². The van der Waals surface area contributed by atoms with E-state index in [1.165, 1.54) is 0 Å². The highest BCUT2D eigenvalue weighted by atomic mass is 16.3. The fraction of sp³-hybridized carbons (Fsp3) is 0.0769. The highest BCUT2D eigenvalue weighted by molar-refractivity contribution is 5.81. The van der Waals surface area contributed by atoms with Crippen LogP contribution in [-0.4, -0.2) is 15.1 Å².